The lowest BCUT2D eigenvalue weighted by molar-refractivity contribution is 0.737. The molecule has 2 aromatic heterocycles. The molecule has 0 aliphatic heterocycles. The second-order valence-corrected chi connectivity index (χ2v) is 4.57. The summed E-state index contributed by atoms with van der Waals surface area (Å²) in [6.45, 7) is 0.806. The molecule has 0 amide bonds. The van der Waals surface area contributed by atoms with Crippen molar-refractivity contribution in [2.75, 3.05) is 6.54 Å². The number of rotatable bonds is 3. The number of H-pyrrole nitrogens is 1. The van der Waals surface area contributed by atoms with Crippen molar-refractivity contribution >= 4 is 11.0 Å². The lowest BCUT2D eigenvalue weighted by atomic mass is 10.1. The van der Waals surface area contributed by atoms with E-state index in [9.17, 15) is 10.1 Å². The van der Waals surface area contributed by atoms with Crippen LogP contribution in [-0.4, -0.2) is 21.1 Å². The normalized spacial score (nSPS) is 10.7. The number of hydrogen-bond donors (Lipinski definition) is 2. The predicted molar refractivity (Wildman–Crippen MR) is 79.6 cm³/mol. The van der Waals surface area contributed by atoms with Crippen molar-refractivity contribution in [1.82, 2.24) is 14.5 Å². The first-order valence-corrected chi connectivity index (χ1v) is 6.53. The van der Waals surface area contributed by atoms with Gasteiger partial charge in [-0.05, 0) is 5.56 Å². The van der Waals surface area contributed by atoms with E-state index in [-0.39, 0.29) is 5.56 Å². The zero-order valence-corrected chi connectivity index (χ0v) is 11.2. The molecule has 1 aromatic carbocycles. The molecule has 0 radical (unpaired) electrons. The number of nitrogens with zero attached hydrogens (tertiary/aromatic N) is 3. The number of nitrogens with one attached hydrogen (secondary N) is 1. The number of aromatic amines is 1. The van der Waals surface area contributed by atoms with Crippen LogP contribution in [0.25, 0.3) is 22.3 Å². The average molecular weight is 279 g/mol. The van der Waals surface area contributed by atoms with E-state index in [1.807, 2.05) is 30.3 Å². The van der Waals surface area contributed by atoms with E-state index in [1.165, 1.54) is 6.33 Å². The van der Waals surface area contributed by atoms with Gasteiger partial charge in [0.25, 0.3) is 5.56 Å². The maximum absolute atomic E-state index is 12.1. The Balaban J connectivity index is 2.48. The van der Waals surface area contributed by atoms with Gasteiger partial charge in [-0.15, -0.1) is 0 Å². The Labute approximate surface area is 120 Å². The second kappa shape index (κ2) is 5.23. The molecule has 0 aliphatic carbocycles. The van der Waals surface area contributed by atoms with Gasteiger partial charge in [-0.3, -0.25) is 4.79 Å². The number of aromatic nitrogens is 3. The minimum atomic E-state index is -0.271. The maximum Gasteiger partial charge on any atom is 0.275 e. The topological polar surface area (TPSA) is 100 Å². The highest BCUT2D eigenvalue weighted by Crippen LogP contribution is 2.30. The molecule has 0 spiro atoms. The summed E-state index contributed by atoms with van der Waals surface area (Å²) >= 11 is 0. The van der Waals surface area contributed by atoms with Gasteiger partial charge in [-0.1, -0.05) is 30.3 Å². The van der Waals surface area contributed by atoms with Crippen molar-refractivity contribution in [2.24, 2.45) is 5.73 Å². The summed E-state index contributed by atoms with van der Waals surface area (Å²) in [5.41, 5.74) is 8.13. The average Bonchev–Trinajstić information content (AvgIpc) is 2.83. The van der Waals surface area contributed by atoms with Crippen molar-refractivity contribution in [1.29, 1.82) is 5.26 Å². The molecule has 0 saturated carbocycles. The van der Waals surface area contributed by atoms with Crippen LogP contribution in [0, 0.1) is 11.3 Å². The Bertz CT molecular complexity index is 886. The van der Waals surface area contributed by atoms with Gasteiger partial charge in [0, 0.05) is 13.1 Å². The van der Waals surface area contributed by atoms with Crippen LogP contribution in [-0.2, 0) is 6.54 Å². The Morgan fingerprint density at radius 1 is 1.33 bits per heavy atom. The molecule has 3 N–H and O–H groups in total. The highest BCUT2D eigenvalue weighted by atomic mass is 16.1. The summed E-state index contributed by atoms with van der Waals surface area (Å²) in [6, 6.07) is 11.6. The highest BCUT2D eigenvalue weighted by Gasteiger charge is 2.21. The monoisotopic (exact) mass is 279 g/mol. The van der Waals surface area contributed by atoms with E-state index >= 15 is 0 Å². The summed E-state index contributed by atoms with van der Waals surface area (Å²) in [5, 5.41) is 9.50. The maximum atomic E-state index is 12.1. The van der Waals surface area contributed by atoms with Crippen LogP contribution in [0.4, 0.5) is 0 Å². The fourth-order valence-corrected chi connectivity index (χ4v) is 2.54. The van der Waals surface area contributed by atoms with E-state index in [4.69, 9.17) is 5.73 Å². The van der Waals surface area contributed by atoms with Crippen LogP contribution in [0.1, 0.15) is 5.56 Å². The molecule has 2 heterocycles. The number of benzene rings is 1. The lowest BCUT2D eigenvalue weighted by Gasteiger charge is -2.09. The van der Waals surface area contributed by atoms with Gasteiger partial charge in [0.15, 0.2) is 0 Å². The summed E-state index contributed by atoms with van der Waals surface area (Å²) in [6.07, 6.45) is 1.31. The summed E-state index contributed by atoms with van der Waals surface area (Å²) in [4.78, 5) is 18.8. The van der Waals surface area contributed by atoms with E-state index in [1.54, 1.807) is 4.57 Å². The van der Waals surface area contributed by atoms with Gasteiger partial charge in [0.2, 0.25) is 0 Å². The molecule has 21 heavy (non-hydrogen) atoms. The number of nitrogens with two attached hydrogens (primary N) is 1. The molecule has 0 atom stereocenters. The van der Waals surface area contributed by atoms with Crippen LogP contribution in [0.2, 0.25) is 0 Å². The van der Waals surface area contributed by atoms with Gasteiger partial charge < -0.3 is 15.3 Å². The third-order valence-electron chi connectivity index (χ3n) is 3.35. The number of hydrogen-bond acceptors (Lipinski definition) is 4. The van der Waals surface area contributed by atoms with Crippen LogP contribution < -0.4 is 11.3 Å². The van der Waals surface area contributed by atoms with Gasteiger partial charge >= 0.3 is 0 Å². The third kappa shape index (κ3) is 2.00. The van der Waals surface area contributed by atoms with Gasteiger partial charge in [0.05, 0.1) is 12.0 Å². The zero-order chi connectivity index (χ0) is 14.8. The molecule has 0 saturated heterocycles. The fraction of sp³-hybridized carbons (Fsp3) is 0.133. The van der Waals surface area contributed by atoms with Crippen molar-refractivity contribution < 1.29 is 0 Å². The zero-order valence-electron chi connectivity index (χ0n) is 11.2. The van der Waals surface area contributed by atoms with E-state index in [2.05, 4.69) is 16.0 Å². The first-order chi connectivity index (χ1) is 10.3. The predicted octanol–water partition coefficient (Wildman–Crippen LogP) is 1.22. The summed E-state index contributed by atoms with van der Waals surface area (Å²) < 4.78 is 1.77. The highest BCUT2D eigenvalue weighted by molar-refractivity contribution is 5.91. The lowest BCUT2D eigenvalue weighted by Crippen LogP contribution is -2.16. The van der Waals surface area contributed by atoms with Crippen molar-refractivity contribution in [3.8, 4) is 17.3 Å². The van der Waals surface area contributed by atoms with Gasteiger partial charge in [0.1, 0.15) is 22.7 Å². The minimum Gasteiger partial charge on any atom is -0.332 e. The Hall–Kier alpha value is -2.91. The molecule has 3 rings (SSSR count). The first-order valence-electron chi connectivity index (χ1n) is 6.53. The molecule has 3 aromatic rings. The first kappa shape index (κ1) is 13.1. The van der Waals surface area contributed by atoms with Crippen molar-refractivity contribution in [3.63, 3.8) is 0 Å². The fourth-order valence-electron chi connectivity index (χ4n) is 2.54. The van der Waals surface area contributed by atoms with Crippen LogP contribution in [0.3, 0.4) is 0 Å². The summed E-state index contributed by atoms with van der Waals surface area (Å²) in [5.74, 6) is 0. The molecule has 104 valence electrons. The third-order valence-corrected chi connectivity index (χ3v) is 3.35. The van der Waals surface area contributed by atoms with Crippen molar-refractivity contribution in [3.05, 3.63) is 52.6 Å². The van der Waals surface area contributed by atoms with Crippen LogP contribution in [0.5, 0.6) is 0 Å². The minimum absolute atomic E-state index is 0.271. The Morgan fingerprint density at radius 3 is 2.76 bits per heavy atom. The van der Waals surface area contributed by atoms with Crippen LogP contribution in [0.15, 0.2) is 41.5 Å². The molecule has 0 unspecified atom stereocenters. The van der Waals surface area contributed by atoms with Crippen molar-refractivity contribution in [2.45, 2.75) is 6.54 Å². The van der Waals surface area contributed by atoms with Crippen LogP contribution >= 0.6 is 0 Å². The molecule has 0 bridgehead atoms. The molecular weight excluding hydrogens is 266 g/mol. The smallest absolute Gasteiger partial charge is 0.275 e. The van der Waals surface area contributed by atoms with E-state index in [0.29, 0.717) is 35.4 Å². The largest absolute Gasteiger partial charge is 0.332 e. The standard InChI is InChI=1S/C15H13N5O/c16-6-7-20-13(10-4-2-1-3-5-10)11(8-17)12-14(20)15(21)19-9-18-12/h1-5,9H,6-7,16H2,(H,18,19,21). The SMILES string of the molecule is N#Cc1c(-c2ccccc2)n(CCN)c2c(=O)[nH]cnc12. The Kier molecular flexibility index (Phi) is 3.26. The molecule has 0 fully saturated rings. The van der Waals surface area contributed by atoms with E-state index in [0.717, 1.165) is 5.56 Å². The van der Waals surface area contributed by atoms with E-state index < -0.39 is 0 Å². The van der Waals surface area contributed by atoms with Gasteiger partial charge in [-0.25, -0.2) is 4.98 Å². The molecule has 6 heteroatoms. The number of nitriles is 1. The number of fused-ring (bicyclic) bond motifs is 1. The van der Waals surface area contributed by atoms with Gasteiger partial charge in [-0.2, -0.15) is 5.26 Å². The second-order valence-electron chi connectivity index (χ2n) is 4.57. The Morgan fingerprint density at radius 2 is 2.10 bits per heavy atom. The summed E-state index contributed by atoms with van der Waals surface area (Å²) in [7, 11) is 0. The molecule has 0 aliphatic rings. The molecule has 6 nitrogen and oxygen atoms in total. The quantitative estimate of drug-likeness (QED) is 0.752. The molecular formula is C15H13N5O.